The van der Waals surface area contributed by atoms with E-state index in [1.54, 1.807) is 19.3 Å². The Kier molecular flexibility index (Phi) is 10.0. The Morgan fingerprint density at radius 1 is 1.27 bits per heavy atom. The van der Waals surface area contributed by atoms with Crippen molar-refractivity contribution in [2.75, 3.05) is 18.9 Å². The topological polar surface area (TPSA) is 183 Å². The number of imidazole rings is 1. The van der Waals surface area contributed by atoms with Crippen LogP contribution >= 0.6 is 23.2 Å². The van der Waals surface area contributed by atoms with E-state index in [-0.39, 0.29) is 46.6 Å². The van der Waals surface area contributed by atoms with Crippen molar-refractivity contribution >= 4 is 51.0 Å². The van der Waals surface area contributed by atoms with Crippen LogP contribution in [-0.4, -0.2) is 60.8 Å². The number of hydrogen-bond acceptors (Lipinski definition) is 9. The molecule has 1 aliphatic rings. The van der Waals surface area contributed by atoms with Gasteiger partial charge in [0.2, 0.25) is 15.9 Å². The molecule has 0 spiro atoms. The number of piperidine rings is 1. The van der Waals surface area contributed by atoms with E-state index in [4.69, 9.17) is 44.1 Å². The first kappa shape index (κ1) is 29.0. The summed E-state index contributed by atoms with van der Waals surface area (Å²) in [5.41, 5.74) is 12.0. The van der Waals surface area contributed by atoms with E-state index < -0.39 is 40.4 Å². The van der Waals surface area contributed by atoms with Gasteiger partial charge in [-0.2, -0.15) is 4.72 Å². The van der Waals surface area contributed by atoms with Gasteiger partial charge in [0.1, 0.15) is 11.9 Å². The van der Waals surface area contributed by atoms with Crippen LogP contribution in [0.25, 0.3) is 0 Å². The lowest BCUT2D eigenvalue weighted by Gasteiger charge is -2.36. The van der Waals surface area contributed by atoms with Gasteiger partial charge < -0.3 is 30.8 Å². The summed E-state index contributed by atoms with van der Waals surface area (Å²) in [5, 5.41) is -0.0935. The van der Waals surface area contributed by atoms with Gasteiger partial charge in [-0.15, -0.1) is 0 Å². The fraction of sp³-hybridized carbons (Fsp3) is 0.500. The predicted molar refractivity (Wildman–Crippen MR) is 137 cm³/mol. The molecule has 1 fully saturated rings. The number of rotatable bonds is 10. The summed E-state index contributed by atoms with van der Waals surface area (Å²) >= 11 is 12.1. The van der Waals surface area contributed by atoms with Gasteiger partial charge in [-0.25, -0.2) is 18.2 Å². The number of aromatic amines is 1. The highest BCUT2D eigenvalue weighted by atomic mass is 35.5. The van der Waals surface area contributed by atoms with Crippen LogP contribution in [0.4, 0.5) is 10.5 Å². The number of nitrogens with two attached hydrogens (primary N) is 2. The number of aromatic nitrogens is 2. The Morgan fingerprint density at radius 3 is 2.59 bits per heavy atom. The minimum Gasteiger partial charge on any atom is -0.435 e. The number of carbonyl (C=O) groups excluding carboxylic acids is 2. The van der Waals surface area contributed by atoms with E-state index in [9.17, 15) is 18.0 Å². The molecule has 15 heteroatoms. The van der Waals surface area contributed by atoms with E-state index in [2.05, 4.69) is 14.7 Å². The molecule has 3 atom stereocenters. The van der Waals surface area contributed by atoms with Gasteiger partial charge in [0, 0.05) is 25.4 Å². The number of nitrogens with one attached hydrogen (secondary N) is 2. The third kappa shape index (κ3) is 7.48. The van der Waals surface area contributed by atoms with Gasteiger partial charge in [0.05, 0.1) is 33.3 Å². The van der Waals surface area contributed by atoms with Crippen molar-refractivity contribution in [2.24, 2.45) is 5.73 Å². The number of nitrogen functional groups attached to an aromatic ring is 1. The Labute approximate surface area is 225 Å². The van der Waals surface area contributed by atoms with Gasteiger partial charge in [-0.05, 0) is 44.7 Å². The molecule has 0 aliphatic carbocycles. The summed E-state index contributed by atoms with van der Waals surface area (Å²) in [4.78, 5) is 33.7. The monoisotopic (exact) mass is 576 g/mol. The van der Waals surface area contributed by atoms with E-state index in [0.29, 0.717) is 18.7 Å². The van der Waals surface area contributed by atoms with Crippen LogP contribution in [0.3, 0.4) is 0 Å². The third-order valence-electron chi connectivity index (χ3n) is 5.82. The highest BCUT2D eigenvalue weighted by Gasteiger charge is 2.36. The van der Waals surface area contributed by atoms with E-state index >= 15 is 0 Å². The van der Waals surface area contributed by atoms with Crippen molar-refractivity contribution < 1.29 is 27.5 Å². The van der Waals surface area contributed by atoms with Crippen molar-refractivity contribution in [1.82, 2.24) is 19.6 Å². The Hall–Kier alpha value is -2.58. The molecule has 37 heavy (non-hydrogen) atoms. The molecule has 1 aliphatic heterocycles. The first-order valence-electron chi connectivity index (χ1n) is 11.7. The molecule has 0 saturated carbocycles. The van der Waals surface area contributed by atoms with Crippen LogP contribution < -0.4 is 16.2 Å². The van der Waals surface area contributed by atoms with Crippen LogP contribution in [0.2, 0.25) is 10.0 Å². The van der Waals surface area contributed by atoms with Crippen molar-refractivity contribution in [3.63, 3.8) is 0 Å². The lowest BCUT2D eigenvalue weighted by Crippen LogP contribution is -2.54. The summed E-state index contributed by atoms with van der Waals surface area (Å²) in [5.74, 6) is -0.0792. The van der Waals surface area contributed by atoms with Crippen LogP contribution in [0.5, 0.6) is 0 Å². The number of benzene rings is 1. The number of amides is 1. The van der Waals surface area contributed by atoms with Crippen molar-refractivity contribution in [2.45, 2.75) is 62.2 Å². The number of ether oxygens (including phenoxy) is 2. The number of nitrogens with zero attached hydrogens (tertiary/aromatic N) is 2. The second-order valence-corrected chi connectivity index (χ2v) is 10.9. The summed E-state index contributed by atoms with van der Waals surface area (Å²) in [6.07, 6.45) is 3.35. The molecule has 12 nitrogen and oxygen atoms in total. The molecule has 0 unspecified atom stereocenters. The molecule has 2 aromatic rings. The van der Waals surface area contributed by atoms with E-state index in [1.165, 1.54) is 4.90 Å². The second-order valence-electron chi connectivity index (χ2n) is 8.42. The standard InChI is InChI=1S/C22H30Cl2N6O6S/c1-2-35-22(32)36-18-5-3-4-10-30(18)21(31)17(7-6-16(25)20-27-8-9-28-20)29-37(33,34)13-11-14(23)19(26)15(24)12-13/h8-9,11-12,16-18,29H,2-7,10,25-26H2,1H3,(H,27,28)/t16-,17-,18+/m0/s1. The zero-order chi connectivity index (χ0) is 27.2. The molecule has 1 amide bonds. The number of anilines is 1. The van der Waals surface area contributed by atoms with Crippen LogP contribution in [0.1, 0.15) is 50.9 Å². The molecule has 6 N–H and O–H groups in total. The zero-order valence-electron chi connectivity index (χ0n) is 20.2. The van der Waals surface area contributed by atoms with Crippen LogP contribution in [0.15, 0.2) is 29.4 Å². The van der Waals surface area contributed by atoms with Gasteiger partial charge in [0.25, 0.3) is 0 Å². The SMILES string of the molecule is CCOC(=O)O[C@@H]1CCCCN1C(=O)[C@H](CC[C@H](N)c1ncc[nH]1)NS(=O)(=O)c1cc(Cl)c(N)c(Cl)c1. The maximum atomic E-state index is 13.7. The van der Waals surface area contributed by atoms with Gasteiger partial charge in [-0.3, -0.25) is 4.79 Å². The molecule has 0 radical (unpaired) electrons. The summed E-state index contributed by atoms with van der Waals surface area (Å²) in [7, 11) is -4.27. The highest BCUT2D eigenvalue weighted by molar-refractivity contribution is 7.89. The zero-order valence-corrected chi connectivity index (χ0v) is 22.5. The van der Waals surface area contributed by atoms with Gasteiger partial charge in [-0.1, -0.05) is 23.2 Å². The Morgan fingerprint density at radius 2 is 1.97 bits per heavy atom. The van der Waals surface area contributed by atoms with Crippen LogP contribution in [-0.2, 0) is 24.3 Å². The number of carbonyl (C=O) groups is 2. The quantitative estimate of drug-likeness (QED) is 0.244. The van der Waals surface area contributed by atoms with E-state index in [0.717, 1.165) is 18.6 Å². The number of H-pyrrole nitrogens is 1. The fourth-order valence-electron chi connectivity index (χ4n) is 3.91. The first-order valence-corrected chi connectivity index (χ1v) is 13.9. The van der Waals surface area contributed by atoms with Crippen LogP contribution in [0, 0.1) is 0 Å². The number of likely N-dealkylation sites (tertiary alicyclic amines) is 1. The summed E-state index contributed by atoms with van der Waals surface area (Å²) < 4.78 is 39.2. The lowest BCUT2D eigenvalue weighted by molar-refractivity contribution is -0.148. The maximum Gasteiger partial charge on any atom is 0.510 e. The summed E-state index contributed by atoms with van der Waals surface area (Å²) in [6.45, 7) is 2.01. The molecule has 2 heterocycles. The van der Waals surface area contributed by atoms with Gasteiger partial charge in [0.15, 0.2) is 6.23 Å². The predicted octanol–water partition coefficient (Wildman–Crippen LogP) is 2.94. The Balaban J connectivity index is 1.87. The molecule has 0 bridgehead atoms. The first-order chi connectivity index (χ1) is 17.5. The fourth-order valence-corrected chi connectivity index (χ4v) is 5.80. The maximum absolute atomic E-state index is 13.7. The normalized spacial score (nSPS) is 17.7. The molecular formula is C22H30Cl2N6O6S. The minimum absolute atomic E-state index is 0.0268. The third-order valence-corrected chi connectivity index (χ3v) is 7.90. The van der Waals surface area contributed by atoms with E-state index in [1.807, 2.05) is 0 Å². The molecule has 204 valence electrons. The van der Waals surface area contributed by atoms with Crippen molar-refractivity contribution in [3.05, 3.63) is 40.4 Å². The number of halogens is 2. The molecular weight excluding hydrogens is 547 g/mol. The van der Waals surface area contributed by atoms with Crippen molar-refractivity contribution in [3.8, 4) is 0 Å². The second kappa shape index (κ2) is 12.8. The molecule has 3 rings (SSSR count). The largest absolute Gasteiger partial charge is 0.510 e. The highest BCUT2D eigenvalue weighted by Crippen LogP contribution is 2.31. The van der Waals surface area contributed by atoms with Crippen molar-refractivity contribution in [1.29, 1.82) is 0 Å². The number of sulfonamides is 1. The minimum atomic E-state index is -4.27. The summed E-state index contributed by atoms with van der Waals surface area (Å²) in [6, 6.07) is 0.472. The van der Waals surface area contributed by atoms with Gasteiger partial charge >= 0.3 is 6.16 Å². The molecule has 1 saturated heterocycles. The lowest BCUT2D eigenvalue weighted by atomic mass is 10.0. The molecule has 1 aromatic heterocycles. The molecule has 1 aromatic carbocycles. The number of hydrogen-bond donors (Lipinski definition) is 4. The smallest absolute Gasteiger partial charge is 0.435 e. The Bertz CT molecular complexity index is 1170. The average molecular weight is 577 g/mol. The average Bonchev–Trinajstić information content (AvgIpc) is 3.40.